The largest absolute Gasteiger partial charge is 0.508 e. The number of rotatable bonds is 5. The van der Waals surface area contributed by atoms with E-state index >= 15 is 0 Å². The van der Waals surface area contributed by atoms with Crippen molar-refractivity contribution in [1.29, 1.82) is 0 Å². The molecule has 2 N–H and O–H groups in total. The summed E-state index contributed by atoms with van der Waals surface area (Å²) in [6, 6.07) is 16.8. The first-order chi connectivity index (χ1) is 9.65. The molecule has 1 atom stereocenters. The van der Waals surface area contributed by atoms with Crippen LogP contribution in [0.3, 0.4) is 0 Å². The van der Waals surface area contributed by atoms with Crippen LogP contribution in [-0.2, 0) is 4.79 Å². The van der Waals surface area contributed by atoms with Crippen LogP contribution in [-0.4, -0.2) is 16.8 Å². The number of carbonyl (C=O) groups is 1. The summed E-state index contributed by atoms with van der Waals surface area (Å²) in [6.07, 6.45) is 0. The van der Waals surface area contributed by atoms with E-state index in [2.05, 4.69) is 5.32 Å². The number of carbonyl (C=O) groups excluding carboxylic acids is 1. The highest BCUT2D eigenvalue weighted by molar-refractivity contribution is 8.00. The number of benzene rings is 2. The van der Waals surface area contributed by atoms with Crippen LogP contribution in [0.25, 0.3) is 0 Å². The molecule has 0 saturated carbocycles. The first-order valence-corrected chi connectivity index (χ1v) is 7.40. The number of amides is 1. The van der Waals surface area contributed by atoms with E-state index in [1.165, 1.54) is 11.8 Å². The maximum absolute atomic E-state index is 11.9. The number of phenolic OH excluding ortho intramolecular Hbond substituents is 1. The Morgan fingerprint density at radius 3 is 2.65 bits per heavy atom. The Balaban J connectivity index is 1.84. The molecule has 2 rings (SSSR count). The lowest BCUT2D eigenvalue weighted by atomic mass is 10.1. The van der Waals surface area contributed by atoms with Gasteiger partial charge in [-0.3, -0.25) is 4.79 Å². The minimum Gasteiger partial charge on any atom is -0.508 e. The van der Waals surface area contributed by atoms with Crippen molar-refractivity contribution in [2.75, 3.05) is 5.75 Å². The first-order valence-electron chi connectivity index (χ1n) is 6.41. The Kier molecular flexibility index (Phi) is 5.07. The molecule has 2 aromatic carbocycles. The molecule has 0 aliphatic carbocycles. The number of phenols is 1. The van der Waals surface area contributed by atoms with Gasteiger partial charge >= 0.3 is 0 Å². The second-order valence-corrected chi connectivity index (χ2v) is 5.53. The lowest BCUT2D eigenvalue weighted by molar-refractivity contribution is -0.119. The summed E-state index contributed by atoms with van der Waals surface area (Å²) in [5.41, 5.74) is 1.09. The standard InChI is InChI=1S/C16H17NO2S/c1-12(13-6-3-2-4-7-13)17-16(19)11-20-15-9-5-8-14(18)10-15/h2-10,12,18H,11H2,1H3,(H,17,19). The monoisotopic (exact) mass is 287 g/mol. The van der Waals surface area contributed by atoms with Crippen LogP contribution in [0.2, 0.25) is 0 Å². The fourth-order valence-corrected chi connectivity index (χ4v) is 2.59. The van der Waals surface area contributed by atoms with Crippen molar-refractivity contribution in [2.45, 2.75) is 17.9 Å². The molecule has 0 bridgehead atoms. The molecule has 0 heterocycles. The van der Waals surface area contributed by atoms with Gasteiger partial charge in [-0.1, -0.05) is 36.4 Å². The molecule has 20 heavy (non-hydrogen) atoms. The minimum atomic E-state index is -0.0188. The zero-order chi connectivity index (χ0) is 14.4. The number of aromatic hydroxyl groups is 1. The van der Waals surface area contributed by atoms with E-state index in [9.17, 15) is 9.90 Å². The summed E-state index contributed by atoms with van der Waals surface area (Å²) < 4.78 is 0. The molecular weight excluding hydrogens is 270 g/mol. The fraction of sp³-hybridized carbons (Fsp3) is 0.188. The Morgan fingerprint density at radius 2 is 1.95 bits per heavy atom. The highest BCUT2D eigenvalue weighted by atomic mass is 32.2. The van der Waals surface area contributed by atoms with Gasteiger partial charge in [0, 0.05) is 4.90 Å². The molecule has 0 aliphatic heterocycles. The molecule has 0 aliphatic rings. The Labute approximate surface area is 123 Å². The Bertz CT molecular complexity index is 572. The second kappa shape index (κ2) is 7.01. The molecule has 0 fully saturated rings. The Morgan fingerprint density at radius 1 is 1.20 bits per heavy atom. The van der Waals surface area contributed by atoms with Crippen molar-refractivity contribution in [3.8, 4) is 5.75 Å². The lowest BCUT2D eigenvalue weighted by Gasteiger charge is -2.14. The van der Waals surface area contributed by atoms with Crippen LogP contribution in [0.1, 0.15) is 18.5 Å². The number of thioether (sulfide) groups is 1. The summed E-state index contributed by atoms with van der Waals surface area (Å²) in [5.74, 6) is 0.531. The highest BCUT2D eigenvalue weighted by Crippen LogP contribution is 2.22. The van der Waals surface area contributed by atoms with Gasteiger partial charge in [0.25, 0.3) is 0 Å². The quantitative estimate of drug-likeness (QED) is 0.829. The molecule has 104 valence electrons. The number of nitrogens with one attached hydrogen (secondary N) is 1. The molecule has 1 amide bonds. The Hall–Kier alpha value is -1.94. The smallest absolute Gasteiger partial charge is 0.230 e. The topological polar surface area (TPSA) is 49.3 Å². The molecule has 0 spiro atoms. The van der Waals surface area contributed by atoms with Crippen LogP contribution >= 0.6 is 11.8 Å². The zero-order valence-electron chi connectivity index (χ0n) is 11.2. The van der Waals surface area contributed by atoms with Crippen molar-refractivity contribution in [3.63, 3.8) is 0 Å². The molecule has 1 unspecified atom stereocenters. The molecule has 4 heteroatoms. The molecule has 0 saturated heterocycles. The maximum atomic E-state index is 11.9. The van der Waals surface area contributed by atoms with Gasteiger partial charge in [0.1, 0.15) is 5.75 Å². The molecule has 3 nitrogen and oxygen atoms in total. The summed E-state index contributed by atoms with van der Waals surface area (Å²) in [6.45, 7) is 1.96. The third-order valence-corrected chi connectivity index (χ3v) is 3.86. The predicted molar refractivity (Wildman–Crippen MR) is 81.8 cm³/mol. The summed E-state index contributed by atoms with van der Waals surface area (Å²) in [7, 11) is 0. The maximum Gasteiger partial charge on any atom is 0.230 e. The van der Waals surface area contributed by atoms with Crippen LogP contribution < -0.4 is 5.32 Å². The van der Waals surface area contributed by atoms with Crippen molar-refractivity contribution in [1.82, 2.24) is 5.32 Å². The summed E-state index contributed by atoms with van der Waals surface area (Å²) in [5, 5.41) is 12.3. The van der Waals surface area contributed by atoms with E-state index < -0.39 is 0 Å². The van der Waals surface area contributed by atoms with Gasteiger partial charge in [0.15, 0.2) is 0 Å². The van der Waals surface area contributed by atoms with Crippen molar-refractivity contribution in [2.24, 2.45) is 0 Å². The van der Waals surface area contributed by atoms with Crippen LogP contribution in [0.5, 0.6) is 5.75 Å². The number of hydrogen-bond acceptors (Lipinski definition) is 3. The van der Waals surface area contributed by atoms with Gasteiger partial charge in [-0.15, -0.1) is 11.8 Å². The lowest BCUT2D eigenvalue weighted by Crippen LogP contribution is -2.28. The fourth-order valence-electron chi connectivity index (χ4n) is 1.83. The molecule has 0 radical (unpaired) electrons. The molecule has 2 aromatic rings. The van der Waals surface area contributed by atoms with Crippen LogP contribution in [0.4, 0.5) is 0 Å². The van der Waals surface area contributed by atoms with Gasteiger partial charge in [-0.25, -0.2) is 0 Å². The van der Waals surface area contributed by atoms with Crippen LogP contribution in [0.15, 0.2) is 59.5 Å². The summed E-state index contributed by atoms with van der Waals surface area (Å²) >= 11 is 1.41. The molecular formula is C16H17NO2S. The van der Waals surface area contributed by atoms with Gasteiger partial charge in [-0.05, 0) is 30.7 Å². The van der Waals surface area contributed by atoms with Crippen molar-refractivity contribution in [3.05, 3.63) is 60.2 Å². The van der Waals surface area contributed by atoms with E-state index in [0.717, 1.165) is 10.5 Å². The van der Waals surface area contributed by atoms with Gasteiger partial charge in [0.05, 0.1) is 11.8 Å². The molecule has 0 aromatic heterocycles. The van der Waals surface area contributed by atoms with E-state index in [4.69, 9.17) is 0 Å². The second-order valence-electron chi connectivity index (χ2n) is 4.49. The van der Waals surface area contributed by atoms with Crippen LogP contribution in [0, 0.1) is 0 Å². The van der Waals surface area contributed by atoms with E-state index in [-0.39, 0.29) is 17.7 Å². The summed E-state index contributed by atoms with van der Waals surface area (Å²) in [4.78, 5) is 12.8. The van der Waals surface area contributed by atoms with Gasteiger partial charge in [-0.2, -0.15) is 0 Å². The van der Waals surface area contributed by atoms with E-state index in [1.54, 1.807) is 18.2 Å². The van der Waals surface area contributed by atoms with Gasteiger partial charge < -0.3 is 10.4 Å². The first kappa shape index (κ1) is 14.5. The highest BCUT2D eigenvalue weighted by Gasteiger charge is 2.09. The third kappa shape index (κ3) is 4.31. The van der Waals surface area contributed by atoms with E-state index in [1.807, 2.05) is 43.3 Å². The van der Waals surface area contributed by atoms with E-state index in [0.29, 0.717) is 5.75 Å². The van der Waals surface area contributed by atoms with Crippen molar-refractivity contribution < 1.29 is 9.90 Å². The van der Waals surface area contributed by atoms with Crippen molar-refractivity contribution >= 4 is 17.7 Å². The average molecular weight is 287 g/mol. The zero-order valence-corrected chi connectivity index (χ0v) is 12.1. The predicted octanol–water partition coefficient (Wildman–Crippen LogP) is 3.36. The minimum absolute atomic E-state index is 0.00604. The van der Waals surface area contributed by atoms with Gasteiger partial charge in [0.2, 0.25) is 5.91 Å². The SMILES string of the molecule is CC(NC(=O)CSc1cccc(O)c1)c1ccccc1. The third-order valence-electron chi connectivity index (χ3n) is 2.86. The normalized spacial score (nSPS) is 11.8. The number of hydrogen-bond donors (Lipinski definition) is 2. The average Bonchev–Trinajstić information content (AvgIpc) is 2.46.